The van der Waals surface area contributed by atoms with E-state index < -0.39 is 122 Å². The normalized spacial score (nSPS) is 31.4. The van der Waals surface area contributed by atoms with E-state index in [0.29, 0.717) is 54.1 Å². The molecule has 15 atom stereocenters. The Morgan fingerprint density at radius 3 is 2.51 bits per heavy atom. The molecule has 9 aliphatic rings. The Morgan fingerprint density at radius 2 is 1.71 bits per heavy atom. The summed E-state index contributed by atoms with van der Waals surface area (Å²) >= 11 is 0. The number of aliphatic hydroxyl groups is 6. The molecule has 494 valence electrons. The van der Waals surface area contributed by atoms with Gasteiger partial charge in [-0.25, -0.2) is 0 Å². The lowest BCUT2D eigenvalue weighted by molar-refractivity contribution is -0.310. The quantitative estimate of drug-likeness (QED) is 0.0520. The fourth-order valence-electron chi connectivity index (χ4n) is 15.3. The summed E-state index contributed by atoms with van der Waals surface area (Å²) in [5, 5.41) is 94.3. The van der Waals surface area contributed by atoms with Crippen LogP contribution < -0.4 is 57.7 Å². The van der Waals surface area contributed by atoms with E-state index in [2.05, 4.69) is 43.7 Å². The third-order valence-corrected chi connectivity index (χ3v) is 20.1. The summed E-state index contributed by atoms with van der Waals surface area (Å²) in [5.74, 6) is 0.984. The van der Waals surface area contributed by atoms with Gasteiger partial charge in [-0.3, -0.25) is 30.8 Å². The van der Waals surface area contributed by atoms with Gasteiger partial charge in [-0.2, -0.15) is 0 Å². The second-order valence-electron chi connectivity index (χ2n) is 26.1. The Hall–Kier alpha value is -7.16. The standard InChI is InChI=1S/C69H83N9O15/c1-72-27-38-21-36-20-37(22-38)25-53(83)50(43-15-18-73-64(70)49(43)28-74-41-6-2-3-7-41)32-91-62-63(86)69(88)17-14-39(23-36)52(82)13-11-40-30-89-33-54(69)92-67(62)93-60-48(55(40)45-8-4-5-9-51(45)78-34-75-57-65(78)76-68(71)77-66(57)87)26-47-56(61(60)90-31-42(81)16-19-79)59(85)46-24-35(29-80)10-12-44(46)58(47)84/h4-5,8-10,12,15,19-22,24,26,39-42,50,52-55,57,62-63,65,67-68,72-76,80-83,86,88H,2-3,6-7,11,13,16,18,23,25,27-34,70-71H2,1H3,(H,77,87). The average Bonchev–Trinajstić information content (AvgIpc) is 1.70. The van der Waals surface area contributed by atoms with Crippen molar-refractivity contribution in [2.45, 2.75) is 150 Å². The predicted molar refractivity (Wildman–Crippen MR) is 338 cm³/mol. The van der Waals surface area contributed by atoms with Gasteiger partial charge < -0.3 is 91.0 Å². The van der Waals surface area contributed by atoms with Crippen molar-refractivity contribution in [2.75, 3.05) is 58.1 Å². The van der Waals surface area contributed by atoms with E-state index in [1.165, 1.54) is 12.1 Å². The van der Waals surface area contributed by atoms with Crippen LogP contribution in [-0.4, -0.2) is 181 Å². The first-order chi connectivity index (χ1) is 45.0. The monoisotopic (exact) mass is 1280 g/mol. The van der Waals surface area contributed by atoms with Gasteiger partial charge in [-0.1, -0.05) is 73.2 Å². The zero-order valence-corrected chi connectivity index (χ0v) is 51.9. The number of hydrogen-bond acceptors (Lipinski definition) is 23. The number of nitrogens with one attached hydrogen (secondary N) is 6. The van der Waals surface area contributed by atoms with Crippen LogP contribution in [0.5, 0.6) is 11.5 Å². The van der Waals surface area contributed by atoms with Crippen LogP contribution in [0.2, 0.25) is 0 Å². The molecule has 0 aromatic heterocycles. The van der Waals surface area contributed by atoms with Crippen LogP contribution in [0.4, 0.5) is 5.69 Å². The van der Waals surface area contributed by atoms with Crippen molar-refractivity contribution in [1.29, 1.82) is 0 Å². The number of ether oxygens (including phenoxy) is 5. The van der Waals surface area contributed by atoms with E-state index in [1.807, 2.05) is 60.5 Å². The number of carbonyl (C=O) groups is 4. The van der Waals surface area contributed by atoms with Crippen LogP contribution in [-0.2, 0) is 49.8 Å². The Bertz CT molecular complexity index is 3660. The molecular weight excluding hydrogens is 1190 g/mol. The maximum absolute atomic E-state index is 15.6. The molecule has 93 heavy (non-hydrogen) atoms. The summed E-state index contributed by atoms with van der Waals surface area (Å²) in [6.45, 7) is -0.637. The van der Waals surface area contributed by atoms with Crippen LogP contribution in [0.1, 0.15) is 116 Å². The molecule has 24 heteroatoms. The zero-order valence-electron chi connectivity index (χ0n) is 51.9. The maximum atomic E-state index is 15.6. The Kier molecular flexibility index (Phi) is 18.9. The third kappa shape index (κ3) is 12.6. The Balaban J connectivity index is 1.05. The minimum atomic E-state index is -2.54. The van der Waals surface area contributed by atoms with Gasteiger partial charge in [0.1, 0.15) is 55.5 Å². The second kappa shape index (κ2) is 27.3. The van der Waals surface area contributed by atoms with Gasteiger partial charge >= 0.3 is 0 Å². The summed E-state index contributed by atoms with van der Waals surface area (Å²) in [6, 6.07) is 19.0. The number of fused-ring (bicyclic) bond motifs is 13. The van der Waals surface area contributed by atoms with Gasteiger partial charge in [0.05, 0.1) is 62.9 Å². The van der Waals surface area contributed by atoms with E-state index in [0.717, 1.165) is 47.9 Å². The molecule has 13 rings (SSSR count). The average molecular weight is 1280 g/mol. The van der Waals surface area contributed by atoms with Crippen molar-refractivity contribution in [2.24, 2.45) is 29.2 Å². The fourth-order valence-corrected chi connectivity index (χ4v) is 15.3. The number of rotatable bonds is 14. The first kappa shape index (κ1) is 64.5. The predicted octanol–water partition coefficient (Wildman–Crippen LogP) is 0.167. The summed E-state index contributed by atoms with van der Waals surface area (Å²) in [5.41, 5.74) is 16.0. The van der Waals surface area contributed by atoms with Crippen LogP contribution in [0.15, 0.2) is 89.8 Å². The molecule has 7 heterocycles. The largest absolute Gasteiger partial charge is 0.486 e. The van der Waals surface area contributed by atoms with Crippen LogP contribution in [0.25, 0.3) is 0 Å². The number of carbonyl (C=O) groups excluding carboxylic acids is 4. The zero-order chi connectivity index (χ0) is 64.8. The van der Waals surface area contributed by atoms with Crippen molar-refractivity contribution < 1.29 is 73.5 Å². The number of ketones is 2. The third-order valence-electron chi connectivity index (χ3n) is 20.1. The number of nitrogens with zero attached hydrogens (tertiary/aromatic N) is 1. The number of hydrogen-bond donors (Lipinski definition) is 14. The second-order valence-corrected chi connectivity index (χ2v) is 26.1. The minimum absolute atomic E-state index is 0.0338. The molecule has 8 bridgehead atoms. The number of nitrogens with two attached hydrogens (primary N) is 2. The number of aldehydes is 1. The summed E-state index contributed by atoms with van der Waals surface area (Å²) in [4.78, 5) is 58.7. The Morgan fingerprint density at radius 1 is 0.903 bits per heavy atom. The van der Waals surface area contributed by atoms with Gasteiger partial charge in [0, 0.05) is 77.4 Å². The molecule has 7 aliphatic heterocycles. The molecule has 4 aromatic rings. The molecule has 0 radical (unpaired) electrons. The molecule has 1 amide bonds. The van der Waals surface area contributed by atoms with E-state index >= 15 is 9.59 Å². The lowest BCUT2D eigenvalue weighted by atomic mass is 9.74. The molecule has 24 nitrogen and oxygen atoms in total. The summed E-state index contributed by atoms with van der Waals surface area (Å²) in [6.07, 6.45) is -5.77. The van der Waals surface area contributed by atoms with Crippen molar-refractivity contribution in [3.05, 3.63) is 145 Å². The molecule has 15 unspecified atom stereocenters. The molecule has 16 N–H and O–H groups in total. The highest BCUT2D eigenvalue weighted by molar-refractivity contribution is 6.29. The van der Waals surface area contributed by atoms with Gasteiger partial charge in [0.25, 0.3) is 0 Å². The lowest BCUT2D eigenvalue weighted by Gasteiger charge is -2.47. The van der Waals surface area contributed by atoms with E-state index in [-0.39, 0.29) is 103 Å². The fraction of sp³-hybridized carbons (Fsp3) is 0.507. The number of anilines is 1. The first-order valence-corrected chi connectivity index (χ1v) is 32.5. The highest BCUT2D eigenvalue weighted by Crippen LogP contribution is 2.53. The first-order valence-electron chi connectivity index (χ1n) is 32.5. The minimum Gasteiger partial charge on any atom is -0.486 e. The van der Waals surface area contributed by atoms with Crippen molar-refractivity contribution in [3.63, 3.8) is 0 Å². The number of dihydropyridines is 1. The molecule has 0 spiro atoms. The number of para-hydroxylation sites is 1. The highest BCUT2D eigenvalue weighted by atomic mass is 16.7. The number of benzene rings is 4. The smallest absolute Gasteiger partial charge is 0.242 e. The maximum Gasteiger partial charge on any atom is 0.242 e. The van der Waals surface area contributed by atoms with E-state index in [1.54, 1.807) is 12.1 Å². The van der Waals surface area contributed by atoms with E-state index in [9.17, 15) is 40.2 Å². The topological polar surface area (TPSA) is 363 Å². The number of aliphatic hydroxyl groups excluding tert-OH is 5. The van der Waals surface area contributed by atoms with Gasteiger partial charge in [-0.05, 0) is 109 Å². The summed E-state index contributed by atoms with van der Waals surface area (Å²) in [7, 11) is 1.85. The van der Waals surface area contributed by atoms with Crippen molar-refractivity contribution in [1.82, 2.24) is 31.9 Å². The Labute approximate surface area is 538 Å². The highest BCUT2D eigenvalue weighted by Gasteiger charge is 2.58. The van der Waals surface area contributed by atoms with Crippen molar-refractivity contribution in [3.8, 4) is 23.3 Å². The van der Waals surface area contributed by atoms with Gasteiger partial charge in [-0.15, -0.1) is 0 Å². The van der Waals surface area contributed by atoms with Gasteiger partial charge in [0.15, 0.2) is 28.7 Å². The molecule has 3 saturated heterocycles. The SMILES string of the molecule is CNCc1cc2cc(c1)CC1C#CC3(O)C4COCC(CCC1O)C(c1ccccc1N1CNC5C(=O)NC(N)NC51)c1cc5c(c(OCC(O)CC=O)c1OC(O4)C(OCC(C1=CCNC(N)=C1CNC1CCCC1)C(O)C2)C3O)C(=O)c1cc(CO)ccc1C5=O. The van der Waals surface area contributed by atoms with Crippen LogP contribution in [0, 0.1) is 29.6 Å². The molecule has 4 aromatic carbocycles. The number of amides is 1. The molecule has 2 aliphatic carbocycles. The lowest BCUT2D eigenvalue weighted by Crippen LogP contribution is -2.70. The molecule has 1 saturated carbocycles. The van der Waals surface area contributed by atoms with Crippen LogP contribution >= 0.6 is 0 Å². The molecular formula is C69H83N9O15. The van der Waals surface area contributed by atoms with Crippen molar-refractivity contribution >= 4 is 29.4 Å². The molecule has 4 fully saturated rings. The van der Waals surface area contributed by atoms with Crippen LogP contribution in [0.3, 0.4) is 0 Å². The van der Waals surface area contributed by atoms with E-state index in [4.69, 9.17) is 35.2 Å². The van der Waals surface area contributed by atoms with Gasteiger partial charge in [0.2, 0.25) is 12.2 Å². The summed E-state index contributed by atoms with van der Waals surface area (Å²) < 4.78 is 35.0.